The first-order valence-corrected chi connectivity index (χ1v) is 8.23. The van der Waals surface area contributed by atoms with E-state index in [1.807, 2.05) is 30.3 Å². The summed E-state index contributed by atoms with van der Waals surface area (Å²) < 4.78 is 5.62. The van der Waals surface area contributed by atoms with Crippen LogP contribution in [0.3, 0.4) is 0 Å². The molecule has 1 fully saturated rings. The number of amides is 1. The molecule has 0 unspecified atom stereocenters. The summed E-state index contributed by atoms with van der Waals surface area (Å²) in [6.45, 7) is 0.201. The maximum Gasteiger partial charge on any atom is 0.316 e. The Morgan fingerprint density at radius 3 is 2.17 bits per heavy atom. The van der Waals surface area contributed by atoms with Gasteiger partial charge >= 0.3 is 5.97 Å². The first-order chi connectivity index (χ1) is 11.6. The zero-order chi connectivity index (χ0) is 17.0. The predicted molar refractivity (Wildman–Crippen MR) is 91.3 cm³/mol. The fourth-order valence-electron chi connectivity index (χ4n) is 3.40. The first-order valence-electron chi connectivity index (χ1n) is 8.23. The summed E-state index contributed by atoms with van der Waals surface area (Å²) in [5, 5.41) is 0. The van der Waals surface area contributed by atoms with E-state index in [4.69, 9.17) is 10.5 Å². The van der Waals surface area contributed by atoms with Crippen molar-refractivity contribution >= 4 is 11.9 Å². The molecule has 24 heavy (non-hydrogen) atoms. The maximum atomic E-state index is 12.8. The number of hydrogen-bond acceptors (Lipinski definition) is 3. The van der Waals surface area contributed by atoms with Crippen LogP contribution in [0.15, 0.2) is 54.6 Å². The Labute approximate surface area is 141 Å². The number of rotatable bonds is 5. The summed E-state index contributed by atoms with van der Waals surface area (Å²) in [5.41, 5.74) is 7.03. The Balaban J connectivity index is 1.72. The quantitative estimate of drug-likeness (QED) is 0.858. The lowest BCUT2D eigenvalue weighted by Crippen LogP contribution is -2.34. The SMILES string of the molecule is NC(=O)c1ccc(COC(=O)C2(c3ccccc3)CCCC2)cc1. The molecule has 4 nitrogen and oxygen atoms in total. The average Bonchev–Trinajstić information content (AvgIpc) is 3.12. The van der Waals surface area contributed by atoms with Crippen LogP contribution < -0.4 is 5.73 Å². The molecule has 124 valence electrons. The molecule has 1 aliphatic rings. The molecule has 0 atom stereocenters. The van der Waals surface area contributed by atoms with Crippen molar-refractivity contribution in [3.05, 3.63) is 71.3 Å². The Kier molecular flexibility index (Phi) is 4.65. The second kappa shape index (κ2) is 6.87. The lowest BCUT2D eigenvalue weighted by molar-refractivity contribution is -0.152. The number of carbonyl (C=O) groups is 2. The van der Waals surface area contributed by atoms with Gasteiger partial charge < -0.3 is 10.5 Å². The zero-order valence-corrected chi connectivity index (χ0v) is 13.5. The Hall–Kier alpha value is -2.62. The van der Waals surface area contributed by atoms with Crippen molar-refractivity contribution in [1.29, 1.82) is 0 Å². The zero-order valence-electron chi connectivity index (χ0n) is 13.5. The van der Waals surface area contributed by atoms with Gasteiger partial charge in [-0.1, -0.05) is 55.3 Å². The molecule has 2 aromatic carbocycles. The van der Waals surface area contributed by atoms with Crippen molar-refractivity contribution in [3.63, 3.8) is 0 Å². The topological polar surface area (TPSA) is 69.4 Å². The molecule has 0 aromatic heterocycles. The van der Waals surface area contributed by atoms with Crippen LogP contribution in [0.25, 0.3) is 0 Å². The van der Waals surface area contributed by atoms with Crippen LogP contribution >= 0.6 is 0 Å². The third-order valence-corrected chi connectivity index (χ3v) is 4.78. The molecule has 4 heteroatoms. The minimum Gasteiger partial charge on any atom is -0.460 e. The van der Waals surface area contributed by atoms with Crippen molar-refractivity contribution in [3.8, 4) is 0 Å². The molecule has 1 aliphatic carbocycles. The van der Waals surface area contributed by atoms with Gasteiger partial charge in [0.2, 0.25) is 5.91 Å². The largest absolute Gasteiger partial charge is 0.460 e. The van der Waals surface area contributed by atoms with Crippen LogP contribution in [0.4, 0.5) is 0 Å². The lowest BCUT2D eigenvalue weighted by Gasteiger charge is -2.27. The van der Waals surface area contributed by atoms with Crippen molar-refractivity contribution < 1.29 is 14.3 Å². The van der Waals surface area contributed by atoms with Crippen LogP contribution in [-0.4, -0.2) is 11.9 Å². The standard InChI is InChI=1S/C20H21NO3/c21-18(22)16-10-8-15(9-11-16)14-24-19(23)20(12-4-5-13-20)17-6-2-1-3-7-17/h1-3,6-11H,4-5,12-14H2,(H2,21,22). The van der Waals surface area contributed by atoms with Crippen LogP contribution in [0, 0.1) is 0 Å². The monoisotopic (exact) mass is 323 g/mol. The van der Waals surface area contributed by atoms with Gasteiger partial charge in [0.15, 0.2) is 0 Å². The van der Waals surface area contributed by atoms with Crippen LogP contribution in [0.1, 0.15) is 47.2 Å². The van der Waals surface area contributed by atoms with E-state index in [1.165, 1.54) is 0 Å². The molecule has 1 amide bonds. The summed E-state index contributed by atoms with van der Waals surface area (Å²) in [4.78, 5) is 23.9. The van der Waals surface area contributed by atoms with Gasteiger partial charge in [-0.15, -0.1) is 0 Å². The fraction of sp³-hybridized carbons (Fsp3) is 0.300. The van der Waals surface area contributed by atoms with Gasteiger partial charge in [0.1, 0.15) is 6.61 Å². The van der Waals surface area contributed by atoms with Gasteiger partial charge in [0.05, 0.1) is 5.41 Å². The number of hydrogen-bond donors (Lipinski definition) is 1. The van der Waals surface area contributed by atoms with Gasteiger partial charge in [-0.3, -0.25) is 9.59 Å². The second-order valence-electron chi connectivity index (χ2n) is 6.29. The van der Waals surface area contributed by atoms with Crippen molar-refractivity contribution in [2.45, 2.75) is 37.7 Å². The van der Waals surface area contributed by atoms with E-state index >= 15 is 0 Å². The van der Waals surface area contributed by atoms with Gasteiger partial charge in [-0.05, 0) is 36.1 Å². The normalized spacial score (nSPS) is 15.8. The highest BCUT2D eigenvalue weighted by Gasteiger charge is 2.44. The van der Waals surface area contributed by atoms with Crippen LogP contribution in [0.5, 0.6) is 0 Å². The third-order valence-electron chi connectivity index (χ3n) is 4.78. The molecular weight excluding hydrogens is 302 g/mol. The summed E-state index contributed by atoms with van der Waals surface area (Å²) in [6, 6.07) is 16.7. The van der Waals surface area contributed by atoms with E-state index in [0.717, 1.165) is 36.8 Å². The smallest absolute Gasteiger partial charge is 0.316 e. The molecule has 1 saturated carbocycles. The molecule has 0 heterocycles. The van der Waals surface area contributed by atoms with E-state index in [0.29, 0.717) is 5.56 Å². The minimum absolute atomic E-state index is 0.162. The third kappa shape index (κ3) is 3.18. The molecule has 2 aromatic rings. The Morgan fingerprint density at radius 1 is 0.958 bits per heavy atom. The molecule has 0 radical (unpaired) electrons. The van der Waals surface area contributed by atoms with E-state index < -0.39 is 11.3 Å². The molecule has 0 aliphatic heterocycles. The lowest BCUT2D eigenvalue weighted by atomic mass is 9.79. The molecule has 0 bridgehead atoms. The number of ether oxygens (including phenoxy) is 1. The van der Waals surface area contributed by atoms with E-state index in [-0.39, 0.29) is 12.6 Å². The minimum atomic E-state index is -0.519. The number of nitrogens with two attached hydrogens (primary N) is 1. The van der Waals surface area contributed by atoms with Gasteiger partial charge in [0, 0.05) is 5.56 Å². The molecule has 0 saturated heterocycles. The van der Waals surface area contributed by atoms with Crippen molar-refractivity contribution in [2.24, 2.45) is 5.73 Å². The highest BCUT2D eigenvalue weighted by Crippen LogP contribution is 2.42. The number of carbonyl (C=O) groups excluding carboxylic acids is 2. The summed E-state index contributed by atoms with van der Waals surface area (Å²) in [5.74, 6) is -0.627. The molecular formula is C20H21NO3. The van der Waals surface area contributed by atoms with Crippen LogP contribution in [0.2, 0.25) is 0 Å². The summed E-state index contributed by atoms with van der Waals surface area (Å²) >= 11 is 0. The second-order valence-corrected chi connectivity index (χ2v) is 6.29. The number of benzene rings is 2. The average molecular weight is 323 g/mol. The Bertz CT molecular complexity index is 716. The van der Waals surface area contributed by atoms with E-state index in [2.05, 4.69) is 0 Å². The predicted octanol–water partition coefficient (Wildman–Crippen LogP) is 3.34. The van der Waals surface area contributed by atoms with E-state index in [9.17, 15) is 9.59 Å². The van der Waals surface area contributed by atoms with Crippen molar-refractivity contribution in [2.75, 3.05) is 0 Å². The number of esters is 1. The van der Waals surface area contributed by atoms with Gasteiger partial charge in [-0.25, -0.2) is 0 Å². The molecule has 2 N–H and O–H groups in total. The van der Waals surface area contributed by atoms with Crippen LogP contribution in [-0.2, 0) is 21.6 Å². The number of primary amides is 1. The summed E-state index contributed by atoms with van der Waals surface area (Å²) in [6.07, 6.45) is 3.74. The fourth-order valence-corrected chi connectivity index (χ4v) is 3.40. The highest BCUT2D eigenvalue weighted by atomic mass is 16.5. The van der Waals surface area contributed by atoms with Gasteiger partial charge in [0.25, 0.3) is 0 Å². The van der Waals surface area contributed by atoms with Gasteiger partial charge in [-0.2, -0.15) is 0 Å². The van der Waals surface area contributed by atoms with E-state index in [1.54, 1.807) is 24.3 Å². The first kappa shape index (κ1) is 16.2. The molecule has 0 spiro atoms. The van der Waals surface area contributed by atoms with Crippen molar-refractivity contribution in [1.82, 2.24) is 0 Å². The Morgan fingerprint density at radius 2 is 1.58 bits per heavy atom. The summed E-state index contributed by atoms with van der Waals surface area (Å²) in [7, 11) is 0. The maximum absolute atomic E-state index is 12.8. The molecule has 3 rings (SSSR count). The highest BCUT2D eigenvalue weighted by molar-refractivity contribution is 5.92.